The first kappa shape index (κ1) is 17.8. The van der Waals surface area contributed by atoms with Crippen LogP contribution >= 0.6 is 15.9 Å². The third-order valence-corrected chi connectivity index (χ3v) is 3.83. The molecular weight excluding hydrogens is 364 g/mol. The van der Waals surface area contributed by atoms with Crippen LogP contribution in [-0.4, -0.2) is 48.4 Å². The minimum atomic E-state index is -0.472. The standard InChI is InChI=1S/C16H23BrN2O4/c1-16(2,3)23-15(20)19-6-5-11(9-19)10-22-14-13(21-4)7-12(17)8-18-14/h7-8,11H,5-6,9-10H2,1-4H3. The second-order valence-electron chi connectivity index (χ2n) is 6.55. The Morgan fingerprint density at radius 2 is 2.22 bits per heavy atom. The Labute approximate surface area is 145 Å². The van der Waals surface area contributed by atoms with Gasteiger partial charge in [0.1, 0.15) is 5.60 Å². The molecule has 0 spiro atoms. The fourth-order valence-corrected chi connectivity index (χ4v) is 2.63. The van der Waals surface area contributed by atoms with E-state index in [0.717, 1.165) is 10.9 Å². The molecule has 0 aliphatic carbocycles. The molecule has 0 saturated carbocycles. The fraction of sp³-hybridized carbons (Fsp3) is 0.625. The summed E-state index contributed by atoms with van der Waals surface area (Å²) in [6.45, 7) is 7.42. The van der Waals surface area contributed by atoms with E-state index in [1.807, 2.05) is 26.8 Å². The summed E-state index contributed by atoms with van der Waals surface area (Å²) in [7, 11) is 1.58. The van der Waals surface area contributed by atoms with Crippen LogP contribution < -0.4 is 9.47 Å². The van der Waals surface area contributed by atoms with Gasteiger partial charge in [0.2, 0.25) is 0 Å². The average molecular weight is 387 g/mol. The van der Waals surface area contributed by atoms with E-state index in [4.69, 9.17) is 14.2 Å². The highest BCUT2D eigenvalue weighted by Gasteiger charge is 2.30. The van der Waals surface area contributed by atoms with Crippen molar-refractivity contribution in [3.63, 3.8) is 0 Å². The highest BCUT2D eigenvalue weighted by molar-refractivity contribution is 9.10. The molecule has 1 aromatic rings. The lowest BCUT2D eigenvalue weighted by Gasteiger charge is -2.24. The lowest BCUT2D eigenvalue weighted by molar-refractivity contribution is 0.0284. The van der Waals surface area contributed by atoms with Crippen LogP contribution in [0.25, 0.3) is 0 Å². The van der Waals surface area contributed by atoms with Gasteiger partial charge in [-0.1, -0.05) is 0 Å². The highest BCUT2D eigenvalue weighted by atomic mass is 79.9. The zero-order chi connectivity index (χ0) is 17.0. The van der Waals surface area contributed by atoms with E-state index in [2.05, 4.69) is 20.9 Å². The molecular formula is C16H23BrN2O4. The molecule has 7 heteroatoms. The number of carbonyl (C=O) groups excluding carboxylic acids is 1. The summed E-state index contributed by atoms with van der Waals surface area (Å²) in [5, 5.41) is 0. The number of hydrogen-bond donors (Lipinski definition) is 0. The zero-order valence-corrected chi connectivity index (χ0v) is 15.6. The minimum absolute atomic E-state index is 0.262. The predicted octanol–water partition coefficient (Wildman–Crippen LogP) is 3.49. The van der Waals surface area contributed by atoms with E-state index in [0.29, 0.717) is 31.3 Å². The SMILES string of the molecule is COc1cc(Br)cnc1OCC1CCN(C(=O)OC(C)(C)C)C1. The summed E-state index contributed by atoms with van der Waals surface area (Å²) < 4.78 is 17.2. The van der Waals surface area contributed by atoms with Crippen molar-refractivity contribution >= 4 is 22.0 Å². The van der Waals surface area contributed by atoms with Gasteiger partial charge in [0, 0.05) is 35.7 Å². The Morgan fingerprint density at radius 1 is 1.48 bits per heavy atom. The van der Waals surface area contributed by atoms with Crippen LogP contribution in [-0.2, 0) is 4.74 Å². The van der Waals surface area contributed by atoms with Gasteiger partial charge in [-0.25, -0.2) is 9.78 Å². The van der Waals surface area contributed by atoms with Crippen molar-refractivity contribution in [2.24, 2.45) is 5.92 Å². The summed E-state index contributed by atoms with van der Waals surface area (Å²) in [4.78, 5) is 18.0. The first-order valence-electron chi connectivity index (χ1n) is 7.59. The maximum absolute atomic E-state index is 12.0. The van der Waals surface area contributed by atoms with E-state index >= 15 is 0 Å². The summed E-state index contributed by atoms with van der Waals surface area (Å²) in [6, 6.07) is 1.81. The Kier molecular flexibility index (Phi) is 5.73. The first-order valence-corrected chi connectivity index (χ1v) is 8.38. The molecule has 1 fully saturated rings. The molecule has 1 aromatic heterocycles. The number of aromatic nitrogens is 1. The topological polar surface area (TPSA) is 60.9 Å². The predicted molar refractivity (Wildman–Crippen MR) is 89.9 cm³/mol. The van der Waals surface area contributed by atoms with Crippen molar-refractivity contribution in [1.82, 2.24) is 9.88 Å². The smallest absolute Gasteiger partial charge is 0.410 e. The molecule has 0 radical (unpaired) electrons. The number of rotatable bonds is 4. The number of amides is 1. The molecule has 1 aliphatic rings. The van der Waals surface area contributed by atoms with Crippen LogP contribution in [0, 0.1) is 5.92 Å². The van der Waals surface area contributed by atoms with Gasteiger partial charge in [-0.15, -0.1) is 0 Å². The van der Waals surface area contributed by atoms with E-state index < -0.39 is 5.60 Å². The summed E-state index contributed by atoms with van der Waals surface area (Å²) in [6.07, 6.45) is 2.29. The van der Waals surface area contributed by atoms with Crippen molar-refractivity contribution < 1.29 is 19.0 Å². The van der Waals surface area contributed by atoms with Crippen LogP contribution in [0.4, 0.5) is 4.79 Å². The number of likely N-dealkylation sites (tertiary alicyclic amines) is 1. The zero-order valence-electron chi connectivity index (χ0n) is 14.0. The van der Waals surface area contributed by atoms with Gasteiger partial charge in [-0.05, 0) is 43.1 Å². The number of hydrogen-bond acceptors (Lipinski definition) is 5. The van der Waals surface area contributed by atoms with Gasteiger partial charge in [0.15, 0.2) is 5.75 Å². The molecule has 0 aromatic carbocycles. The quantitative estimate of drug-likeness (QED) is 0.792. The molecule has 1 amide bonds. The number of pyridine rings is 1. The molecule has 6 nitrogen and oxygen atoms in total. The van der Waals surface area contributed by atoms with Gasteiger partial charge in [-0.2, -0.15) is 0 Å². The first-order chi connectivity index (χ1) is 10.8. The van der Waals surface area contributed by atoms with Crippen LogP contribution in [0.15, 0.2) is 16.7 Å². The number of nitrogens with zero attached hydrogens (tertiary/aromatic N) is 2. The van der Waals surface area contributed by atoms with Crippen LogP contribution in [0.3, 0.4) is 0 Å². The molecule has 1 aliphatic heterocycles. The van der Waals surface area contributed by atoms with Crippen LogP contribution in [0.1, 0.15) is 27.2 Å². The van der Waals surface area contributed by atoms with Crippen molar-refractivity contribution in [2.45, 2.75) is 32.8 Å². The molecule has 0 bridgehead atoms. The van der Waals surface area contributed by atoms with Crippen LogP contribution in [0.2, 0.25) is 0 Å². The normalized spacial score (nSPS) is 18.0. The Balaban J connectivity index is 1.86. The lowest BCUT2D eigenvalue weighted by atomic mass is 10.1. The van der Waals surface area contributed by atoms with Gasteiger partial charge in [-0.3, -0.25) is 0 Å². The van der Waals surface area contributed by atoms with E-state index in [1.54, 1.807) is 18.2 Å². The van der Waals surface area contributed by atoms with Gasteiger partial charge >= 0.3 is 6.09 Å². The van der Waals surface area contributed by atoms with E-state index in [9.17, 15) is 4.79 Å². The second kappa shape index (κ2) is 7.38. The average Bonchev–Trinajstić information content (AvgIpc) is 2.93. The summed E-state index contributed by atoms with van der Waals surface area (Å²) in [5.41, 5.74) is -0.472. The minimum Gasteiger partial charge on any atom is -0.491 e. The monoisotopic (exact) mass is 386 g/mol. The number of methoxy groups -OCH3 is 1. The number of carbonyl (C=O) groups is 1. The maximum atomic E-state index is 12.0. The van der Waals surface area contributed by atoms with E-state index in [1.165, 1.54) is 0 Å². The largest absolute Gasteiger partial charge is 0.491 e. The van der Waals surface area contributed by atoms with Crippen molar-refractivity contribution in [3.05, 3.63) is 16.7 Å². The van der Waals surface area contributed by atoms with E-state index in [-0.39, 0.29) is 12.0 Å². The third kappa shape index (κ3) is 5.27. The Bertz CT molecular complexity index is 560. The molecule has 0 N–H and O–H groups in total. The summed E-state index contributed by atoms with van der Waals surface area (Å²) in [5.74, 6) is 1.31. The van der Waals surface area contributed by atoms with Crippen molar-refractivity contribution in [3.8, 4) is 11.6 Å². The molecule has 1 unspecified atom stereocenters. The maximum Gasteiger partial charge on any atom is 0.410 e. The van der Waals surface area contributed by atoms with Crippen molar-refractivity contribution in [1.29, 1.82) is 0 Å². The third-order valence-electron chi connectivity index (χ3n) is 3.40. The van der Waals surface area contributed by atoms with Gasteiger partial charge in [0.25, 0.3) is 5.88 Å². The molecule has 2 rings (SSSR count). The van der Waals surface area contributed by atoms with Gasteiger partial charge in [0.05, 0.1) is 13.7 Å². The Morgan fingerprint density at radius 3 is 2.87 bits per heavy atom. The molecule has 2 heterocycles. The summed E-state index contributed by atoms with van der Waals surface area (Å²) >= 11 is 3.35. The second-order valence-corrected chi connectivity index (χ2v) is 7.47. The lowest BCUT2D eigenvalue weighted by Crippen LogP contribution is -2.35. The molecule has 128 valence electrons. The molecule has 1 saturated heterocycles. The highest BCUT2D eigenvalue weighted by Crippen LogP contribution is 2.28. The van der Waals surface area contributed by atoms with Crippen molar-refractivity contribution in [2.75, 3.05) is 26.8 Å². The molecule has 1 atom stereocenters. The van der Waals surface area contributed by atoms with Crippen LogP contribution in [0.5, 0.6) is 11.6 Å². The van der Waals surface area contributed by atoms with Gasteiger partial charge < -0.3 is 19.1 Å². The number of ether oxygens (including phenoxy) is 3. The Hall–Kier alpha value is -1.50. The number of halogens is 1. The fourth-order valence-electron chi connectivity index (χ4n) is 2.32. The molecule has 23 heavy (non-hydrogen) atoms.